The van der Waals surface area contributed by atoms with Gasteiger partial charge in [-0.2, -0.15) is 5.26 Å². The second kappa shape index (κ2) is 6.70. The number of nitriles is 1. The highest BCUT2D eigenvalue weighted by Gasteiger charge is 2.23. The molecule has 1 aromatic rings. The van der Waals surface area contributed by atoms with Crippen molar-refractivity contribution in [1.82, 2.24) is 4.90 Å². The van der Waals surface area contributed by atoms with E-state index in [9.17, 15) is 10.1 Å². The van der Waals surface area contributed by atoms with Crippen LogP contribution in [0.15, 0.2) is 41.5 Å². The van der Waals surface area contributed by atoms with Crippen molar-refractivity contribution in [1.29, 1.82) is 5.26 Å². The van der Waals surface area contributed by atoms with Gasteiger partial charge in [0.25, 0.3) is 5.91 Å². The fourth-order valence-corrected chi connectivity index (χ4v) is 3.00. The first-order valence-electron chi connectivity index (χ1n) is 8.07. The van der Waals surface area contributed by atoms with Gasteiger partial charge < -0.3 is 9.64 Å². The standard InChI is InChI=1S/C19H20N2O2/c1-14-16(11-15-7-3-4-8-18(15)23-14)12-17(13-20)19(22)21-9-5-2-6-10-21/h3-4,7-8,11-12,14H,2,5-6,9-10H2,1H3/b17-12-/t14-/m0/s1. The Kier molecular flexibility index (Phi) is 4.47. The van der Waals surface area contributed by atoms with Gasteiger partial charge in [0, 0.05) is 18.7 Å². The van der Waals surface area contributed by atoms with Crippen LogP contribution in [0.25, 0.3) is 6.08 Å². The number of carbonyl (C=O) groups excluding carboxylic acids is 1. The molecule has 2 heterocycles. The fraction of sp³-hybridized carbons (Fsp3) is 0.368. The molecular weight excluding hydrogens is 288 g/mol. The van der Waals surface area contributed by atoms with Crippen molar-refractivity contribution in [3.63, 3.8) is 0 Å². The predicted octanol–water partition coefficient (Wildman–Crippen LogP) is 3.31. The first-order chi connectivity index (χ1) is 11.2. The van der Waals surface area contributed by atoms with E-state index in [0.717, 1.165) is 49.2 Å². The van der Waals surface area contributed by atoms with E-state index in [2.05, 4.69) is 6.07 Å². The Morgan fingerprint density at radius 1 is 1.30 bits per heavy atom. The number of hydrogen-bond acceptors (Lipinski definition) is 3. The van der Waals surface area contributed by atoms with Crippen molar-refractivity contribution in [3.05, 3.63) is 47.1 Å². The summed E-state index contributed by atoms with van der Waals surface area (Å²) in [5.74, 6) is 0.664. The van der Waals surface area contributed by atoms with E-state index in [1.54, 1.807) is 11.0 Å². The Hall–Kier alpha value is -2.54. The van der Waals surface area contributed by atoms with Crippen LogP contribution in [0.2, 0.25) is 0 Å². The maximum atomic E-state index is 12.5. The van der Waals surface area contributed by atoms with Crippen LogP contribution >= 0.6 is 0 Å². The summed E-state index contributed by atoms with van der Waals surface area (Å²) in [6.45, 7) is 3.41. The molecule has 1 amide bonds. The number of nitrogens with zero attached hydrogens (tertiary/aromatic N) is 2. The van der Waals surface area contributed by atoms with Crippen LogP contribution in [-0.2, 0) is 4.79 Å². The summed E-state index contributed by atoms with van der Waals surface area (Å²) in [6, 6.07) is 9.83. The molecule has 2 aliphatic rings. The van der Waals surface area contributed by atoms with E-state index < -0.39 is 0 Å². The summed E-state index contributed by atoms with van der Waals surface area (Å²) in [5, 5.41) is 9.41. The molecule has 118 valence electrons. The van der Waals surface area contributed by atoms with Gasteiger partial charge in [0.05, 0.1) is 0 Å². The van der Waals surface area contributed by atoms with Gasteiger partial charge >= 0.3 is 0 Å². The minimum Gasteiger partial charge on any atom is -0.485 e. The van der Waals surface area contributed by atoms with Crippen LogP contribution < -0.4 is 4.74 Å². The molecule has 3 rings (SSSR count). The average molecular weight is 308 g/mol. The Morgan fingerprint density at radius 2 is 2.04 bits per heavy atom. The molecule has 0 aliphatic carbocycles. The number of benzene rings is 1. The zero-order valence-corrected chi connectivity index (χ0v) is 13.3. The zero-order valence-electron chi connectivity index (χ0n) is 13.3. The highest BCUT2D eigenvalue weighted by atomic mass is 16.5. The van der Waals surface area contributed by atoms with Crippen molar-refractivity contribution < 1.29 is 9.53 Å². The molecule has 0 N–H and O–H groups in total. The van der Waals surface area contributed by atoms with Crippen molar-refractivity contribution in [2.24, 2.45) is 0 Å². The lowest BCUT2D eigenvalue weighted by atomic mass is 10.00. The van der Waals surface area contributed by atoms with E-state index in [-0.39, 0.29) is 17.6 Å². The maximum Gasteiger partial charge on any atom is 0.264 e. The molecule has 0 bridgehead atoms. The van der Waals surface area contributed by atoms with Crippen LogP contribution in [0.3, 0.4) is 0 Å². The lowest BCUT2D eigenvalue weighted by Gasteiger charge is -2.27. The molecule has 1 fully saturated rings. The summed E-state index contributed by atoms with van der Waals surface area (Å²) in [4.78, 5) is 14.3. The minimum atomic E-state index is -0.178. The van der Waals surface area contributed by atoms with Crippen LogP contribution in [0.1, 0.15) is 31.7 Å². The van der Waals surface area contributed by atoms with Crippen molar-refractivity contribution in [2.45, 2.75) is 32.3 Å². The Morgan fingerprint density at radius 3 is 2.78 bits per heavy atom. The van der Waals surface area contributed by atoms with Crippen LogP contribution in [0.4, 0.5) is 0 Å². The Labute approximate surface area is 136 Å². The molecule has 0 radical (unpaired) electrons. The molecule has 1 saturated heterocycles. The maximum absolute atomic E-state index is 12.5. The van der Waals surface area contributed by atoms with E-state index in [1.807, 2.05) is 37.3 Å². The van der Waals surface area contributed by atoms with Gasteiger partial charge in [-0.3, -0.25) is 4.79 Å². The molecule has 0 aromatic heterocycles. The average Bonchev–Trinajstić information content (AvgIpc) is 2.60. The Balaban J connectivity index is 1.87. The third-order valence-corrected chi connectivity index (χ3v) is 4.32. The lowest BCUT2D eigenvalue weighted by molar-refractivity contribution is -0.127. The van der Waals surface area contributed by atoms with E-state index in [1.165, 1.54) is 0 Å². The van der Waals surface area contributed by atoms with Crippen LogP contribution in [0.5, 0.6) is 5.75 Å². The molecule has 2 aliphatic heterocycles. The van der Waals surface area contributed by atoms with Gasteiger partial charge in [-0.25, -0.2) is 0 Å². The molecule has 1 atom stereocenters. The number of rotatable bonds is 2. The topological polar surface area (TPSA) is 53.3 Å². The highest BCUT2D eigenvalue weighted by molar-refractivity contribution is 5.98. The smallest absolute Gasteiger partial charge is 0.264 e. The number of ether oxygens (including phenoxy) is 1. The molecule has 0 saturated carbocycles. The second-order valence-corrected chi connectivity index (χ2v) is 5.96. The summed E-state index contributed by atoms with van der Waals surface area (Å²) < 4.78 is 5.87. The van der Waals surface area contributed by atoms with E-state index in [0.29, 0.717) is 0 Å². The number of likely N-dealkylation sites (tertiary alicyclic amines) is 1. The number of fused-ring (bicyclic) bond motifs is 1. The van der Waals surface area contributed by atoms with E-state index in [4.69, 9.17) is 4.74 Å². The summed E-state index contributed by atoms with van der Waals surface area (Å²) in [5.41, 5.74) is 2.01. The number of carbonyl (C=O) groups is 1. The molecule has 1 aromatic carbocycles. The summed E-state index contributed by atoms with van der Waals surface area (Å²) in [6.07, 6.45) is 6.67. The minimum absolute atomic E-state index is 0.167. The van der Waals surface area contributed by atoms with Gasteiger partial charge in [-0.1, -0.05) is 18.2 Å². The van der Waals surface area contributed by atoms with Crippen molar-refractivity contribution in [2.75, 3.05) is 13.1 Å². The second-order valence-electron chi connectivity index (χ2n) is 5.96. The summed E-state index contributed by atoms with van der Waals surface area (Å²) in [7, 11) is 0. The highest BCUT2D eigenvalue weighted by Crippen LogP contribution is 2.30. The number of para-hydroxylation sites is 1. The SMILES string of the molecule is C[C@@H]1Oc2ccccc2C=C1/C=C(/C#N)C(=O)N1CCCCC1. The number of piperidine rings is 1. The molecule has 23 heavy (non-hydrogen) atoms. The first-order valence-corrected chi connectivity index (χ1v) is 8.07. The zero-order chi connectivity index (χ0) is 16.2. The lowest BCUT2D eigenvalue weighted by Crippen LogP contribution is -2.36. The predicted molar refractivity (Wildman–Crippen MR) is 88.6 cm³/mol. The molecule has 0 spiro atoms. The summed E-state index contributed by atoms with van der Waals surface area (Å²) >= 11 is 0. The number of hydrogen-bond donors (Lipinski definition) is 0. The molecular formula is C19H20N2O2. The first kappa shape index (κ1) is 15.4. The van der Waals surface area contributed by atoms with Gasteiger partial charge in [-0.15, -0.1) is 0 Å². The quantitative estimate of drug-likeness (QED) is 0.622. The van der Waals surface area contributed by atoms with E-state index >= 15 is 0 Å². The number of amides is 1. The monoisotopic (exact) mass is 308 g/mol. The van der Waals surface area contributed by atoms with Gasteiger partial charge in [0.1, 0.15) is 23.5 Å². The third-order valence-electron chi connectivity index (χ3n) is 4.32. The van der Waals surface area contributed by atoms with Gasteiger partial charge in [0.15, 0.2) is 0 Å². The van der Waals surface area contributed by atoms with Gasteiger partial charge in [0.2, 0.25) is 0 Å². The third kappa shape index (κ3) is 3.29. The van der Waals surface area contributed by atoms with Crippen molar-refractivity contribution in [3.8, 4) is 11.8 Å². The normalized spacial score (nSPS) is 20.9. The fourth-order valence-electron chi connectivity index (χ4n) is 3.00. The van der Waals surface area contributed by atoms with Crippen LogP contribution in [0, 0.1) is 11.3 Å². The molecule has 4 heteroatoms. The largest absolute Gasteiger partial charge is 0.485 e. The van der Waals surface area contributed by atoms with Gasteiger partial charge in [-0.05, 0) is 50.0 Å². The molecule has 4 nitrogen and oxygen atoms in total. The molecule has 0 unspecified atom stereocenters. The Bertz CT molecular complexity index is 706. The van der Waals surface area contributed by atoms with Crippen LogP contribution in [-0.4, -0.2) is 30.0 Å². The van der Waals surface area contributed by atoms with Crippen molar-refractivity contribution >= 4 is 12.0 Å².